The van der Waals surface area contributed by atoms with Crippen LogP contribution in [-0.4, -0.2) is 36.5 Å². The molecule has 0 saturated carbocycles. The first-order valence-electron chi connectivity index (χ1n) is 18.5. The summed E-state index contributed by atoms with van der Waals surface area (Å²) >= 11 is -1.94. The summed E-state index contributed by atoms with van der Waals surface area (Å²) in [6, 6.07) is 46.9. The molecule has 1 unspecified atom stereocenters. The summed E-state index contributed by atoms with van der Waals surface area (Å²) in [6.07, 6.45) is 3.88. The zero-order chi connectivity index (χ0) is 37.5. The second kappa shape index (κ2) is 16.1. The van der Waals surface area contributed by atoms with E-state index in [1.807, 2.05) is 67.1 Å². The SMILES string of the molecule is [2H]C(C)(c1ccnc(-c2[c-]ccc3c2sc2ccc[c]([Ge]([CH3])([CH3])[CH3])c23)c1)c1ccc2cc(C)ccc2c1.[CH3][Ge]([CH3])([CH3])[c]1ccc(-c2[c-]cccc2)nc1.[Ir]. The summed E-state index contributed by atoms with van der Waals surface area (Å²) in [4.78, 5) is 9.30. The van der Waals surface area contributed by atoms with Gasteiger partial charge in [0.1, 0.15) is 0 Å². The number of aryl methyl sites for hydroxylation is 1. The monoisotopic (exact) mass is 1010 g/mol. The zero-order valence-corrected chi connectivity index (χ0v) is 39.2. The third-order valence-corrected chi connectivity index (χ3v) is 19.5. The molecule has 269 valence electrons. The third-order valence-electron chi connectivity index (χ3n) is 9.76. The molecule has 2 nitrogen and oxygen atoms in total. The maximum atomic E-state index is 9.40. The molecular weight excluding hydrogens is 962 g/mol. The molecule has 0 saturated heterocycles. The van der Waals surface area contributed by atoms with E-state index >= 15 is 0 Å². The Balaban J connectivity index is 0.000000246. The van der Waals surface area contributed by atoms with E-state index in [4.69, 9.17) is 4.98 Å². The fourth-order valence-corrected chi connectivity index (χ4v) is 13.7. The number of hydrogen-bond acceptors (Lipinski definition) is 3. The molecule has 1 atom stereocenters. The second-order valence-electron chi connectivity index (χ2n) is 15.7. The van der Waals surface area contributed by atoms with Gasteiger partial charge in [-0.3, -0.25) is 0 Å². The Bertz CT molecular complexity index is 2570. The Labute approximate surface area is 339 Å². The average Bonchev–Trinajstić information content (AvgIpc) is 3.54. The Morgan fingerprint density at radius 3 is 2.19 bits per heavy atom. The van der Waals surface area contributed by atoms with Crippen molar-refractivity contribution in [3.05, 3.63) is 156 Å². The second-order valence-corrected chi connectivity index (χ2v) is 38.0. The van der Waals surface area contributed by atoms with Gasteiger partial charge in [0.2, 0.25) is 0 Å². The Morgan fingerprint density at radius 2 is 1.47 bits per heavy atom. The van der Waals surface area contributed by atoms with E-state index in [9.17, 15) is 1.37 Å². The molecule has 0 N–H and O–H groups in total. The van der Waals surface area contributed by atoms with Gasteiger partial charge < -0.3 is 0 Å². The summed E-state index contributed by atoms with van der Waals surface area (Å²) in [6.45, 7) is 4.09. The number of aromatic nitrogens is 2. The van der Waals surface area contributed by atoms with Gasteiger partial charge in [0.25, 0.3) is 0 Å². The van der Waals surface area contributed by atoms with E-state index in [2.05, 4.69) is 137 Å². The number of benzene rings is 5. The van der Waals surface area contributed by atoms with Crippen LogP contribution in [-0.2, 0) is 20.1 Å². The molecule has 0 bridgehead atoms. The van der Waals surface area contributed by atoms with Crippen molar-refractivity contribution >= 4 is 77.6 Å². The molecule has 3 aromatic heterocycles. The summed E-state index contributed by atoms with van der Waals surface area (Å²) < 4.78 is 15.0. The predicted molar refractivity (Wildman–Crippen MR) is 232 cm³/mol. The van der Waals surface area contributed by atoms with E-state index in [0.717, 1.165) is 33.6 Å². The number of rotatable bonds is 6. The van der Waals surface area contributed by atoms with Crippen LogP contribution in [0.2, 0.25) is 34.5 Å². The number of pyridine rings is 2. The summed E-state index contributed by atoms with van der Waals surface area (Å²) in [7, 11) is 0. The van der Waals surface area contributed by atoms with Crippen LogP contribution in [0.25, 0.3) is 53.5 Å². The third kappa shape index (κ3) is 8.63. The summed E-state index contributed by atoms with van der Waals surface area (Å²) in [5.74, 6) is 13.6. The Hall–Kier alpha value is -3.38. The van der Waals surface area contributed by atoms with Gasteiger partial charge in [-0.15, -0.1) is 0 Å². The molecule has 0 aliphatic heterocycles. The normalized spacial score (nSPS) is 13.2. The average molecular weight is 1010 g/mol. The van der Waals surface area contributed by atoms with Gasteiger partial charge in [-0.2, -0.15) is 0 Å². The number of hydrogen-bond donors (Lipinski definition) is 0. The van der Waals surface area contributed by atoms with E-state index in [1.54, 1.807) is 4.40 Å². The molecule has 6 heteroatoms. The van der Waals surface area contributed by atoms with Crippen molar-refractivity contribution in [2.45, 2.75) is 54.3 Å². The van der Waals surface area contributed by atoms with E-state index in [1.165, 1.54) is 40.9 Å². The fourth-order valence-electron chi connectivity index (χ4n) is 6.72. The van der Waals surface area contributed by atoms with Crippen LogP contribution in [0.5, 0.6) is 0 Å². The van der Waals surface area contributed by atoms with Gasteiger partial charge in [0, 0.05) is 20.1 Å². The molecule has 3 heterocycles. The van der Waals surface area contributed by atoms with Crippen molar-refractivity contribution in [1.29, 1.82) is 0 Å². The molecule has 0 aliphatic carbocycles. The minimum absolute atomic E-state index is 0. The van der Waals surface area contributed by atoms with Gasteiger partial charge in [-0.05, 0) is 12.3 Å². The van der Waals surface area contributed by atoms with Crippen LogP contribution in [0.15, 0.2) is 128 Å². The van der Waals surface area contributed by atoms with Crippen molar-refractivity contribution in [2.75, 3.05) is 0 Å². The predicted octanol–water partition coefficient (Wildman–Crippen LogP) is 12.2. The Morgan fingerprint density at radius 1 is 0.698 bits per heavy atom. The molecule has 8 rings (SSSR count). The molecule has 0 spiro atoms. The van der Waals surface area contributed by atoms with E-state index in [-0.39, 0.29) is 20.1 Å². The molecule has 1 radical (unpaired) electrons. The van der Waals surface area contributed by atoms with Gasteiger partial charge in [0.05, 0.1) is 0 Å². The van der Waals surface area contributed by atoms with E-state index < -0.39 is 32.4 Å². The number of fused-ring (bicyclic) bond motifs is 4. The minimum atomic E-state index is -2.06. The molecule has 0 amide bonds. The smallest absolute Gasteiger partial charge is 0 e. The molecular formula is C47H46Ge2IrN2S-2. The number of thiophene rings is 1. The number of nitrogens with zero attached hydrogens (tertiary/aromatic N) is 2. The molecule has 0 aliphatic rings. The first-order chi connectivity index (χ1) is 25.2. The van der Waals surface area contributed by atoms with Crippen molar-refractivity contribution in [2.24, 2.45) is 0 Å². The maximum Gasteiger partial charge on any atom is 0 e. The standard InChI is InChI=1S/C33H30GeNS.C14H16GeN.Ir/c1-21-12-13-26-19-23(14-15-25(26)18-21)22(2)24-16-17-35-30(20-24)27-8-6-9-28-32-29(34(3,4)5)10-7-11-31(32)36-33(27)28;1-15(2,3)13-9-10-14(16-11-13)12-7-5-4-6-8-12;/h6-7,9-20,22H,1-5H3;4-7,9-11H,1-3H3;/q2*-1;/i22D;;. The maximum absolute atomic E-state index is 9.40. The van der Waals surface area contributed by atoms with Crippen LogP contribution < -0.4 is 8.79 Å². The molecule has 0 fully saturated rings. The van der Waals surface area contributed by atoms with Crippen LogP contribution in [0, 0.1) is 19.1 Å². The zero-order valence-electron chi connectivity index (χ0n) is 32.8. The van der Waals surface area contributed by atoms with Crippen molar-refractivity contribution in [1.82, 2.24) is 9.97 Å². The first-order valence-corrected chi connectivity index (χ1v) is 33.5. The topological polar surface area (TPSA) is 25.8 Å². The van der Waals surface area contributed by atoms with Gasteiger partial charge in [-0.25, -0.2) is 0 Å². The van der Waals surface area contributed by atoms with Gasteiger partial charge in [-0.1, -0.05) is 23.8 Å². The van der Waals surface area contributed by atoms with Gasteiger partial charge in [0.15, 0.2) is 0 Å². The first kappa shape index (κ1) is 37.9. The van der Waals surface area contributed by atoms with Crippen LogP contribution in [0.1, 0.15) is 30.9 Å². The molecule has 8 aromatic rings. The van der Waals surface area contributed by atoms with Gasteiger partial charge >= 0.3 is 286 Å². The van der Waals surface area contributed by atoms with Crippen molar-refractivity contribution < 1.29 is 21.5 Å². The van der Waals surface area contributed by atoms with Crippen molar-refractivity contribution in [3.8, 4) is 22.5 Å². The largest absolute Gasteiger partial charge is 0 e. The van der Waals surface area contributed by atoms with Crippen LogP contribution in [0.3, 0.4) is 0 Å². The molecule has 5 aromatic carbocycles. The molecule has 53 heavy (non-hydrogen) atoms. The minimum Gasteiger partial charge on any atom is 0 e. The quantitative estimate of drug-likeness (QED) is 0.123. The van der Waals surface area contributed by atoms with E-state index in [0.29, 0.717) is 0 Å². The van der Waals surface area contributed by atoms with Crippen LogP contribution in [0.4, 0.5) is 0 Å². The summed E-state index contributed by atoms with van der Waals surface area (Å²) in [5.41, 5.74) is 7.14. The summed E-state index contributed by atoms with van der Waals surface area (Å²) in [5, 5.41) is 5.09. The van der Waals surface area contributed by atoms with Crippen LogP contribution >= 0.6 is 11.3 Å². The fraction of sp³-hybridized carbons (Fsp3) is 0.191. The Kier molecular flexibility index (Phi) is 11.6. The van der Waals surface area contributed by atoms with Crippen molar-refractivity contribution in [3.63, 3.8) is 0 Å².